The minimum absolute atomic E-state index is 0.00923. The summed E-state index contributed by atoms with van der Waals surface area (Å²) < 4.78 is 22.7. The number of nitrogens with zero attached hydrogens (tertiary/aromatic N) is 2. The van der Waals surface area contributed by atoms with Gasteiger partial charge in [0, 0.05) is 31.9 Å². The number of primary sulfonamides is 1. The average molecular weight is 445 g/mol. The summed E-state index contributed by atoms with van der Waals surface area (Å²) in [6, 6.07) is 13.2. The summed E-state index contributed by atoms with van der Waals surface area (Å²) in [7, 11) is -3.77. The van der Waals surface area contributed by atoms with Gasteiger partial charge in [-0.25, -0.2) is 13.6 Å². The maximum Gasteiger partial charge on any atom is 0.241 e. The van der Waals surface area contributed by atoms with Gasteiger partial charge >= 0.3 is 0 Å². The zero-order valence-corrected chi connectivity index (χ0v) is 18.6. The monoisotopic (exact) mass is 444 g/mol. The summed E-state index contributed by atoms with van der Waals surface area (Å²) in [5.74, 6) is -0.0935. The quantitative estimate of drug-likeness (QED) is 0.699. The molecule has 1 heterocycles. The predicted octanol–water partition coefficient (Wildman–Crippen LogP) is 1.36. The predicted molar refractivity (Wildman–Crippen MR) is 119 cm³/mol. The van der Waals surface area contributed by atoms with Crippen molar-refractivity contribution in [3.8, 4) is 0 Å². The number of anilines is 1. The largest absolute Gasteiger partial charge is 0.340 e. The summed E-state index contributed by atoms with van der Waals surface area (Å²) in [5, 5.41) is 7.88. The van der Waals surface area contributed by atoms with Crippen LogP contribution in [0.5, 0.6) is 0 Å². The number of carbonyl (C=O) groups is 2. The molecule has 2 aromatic rings. The van der Waals surface area contributed by atoms with Crippen LogP contribution in [0.3, 0.4) is 0 Å². The molecule has 3 N–H and O–H groups in total. The summed E-state index contributed by atoms with van der Waals surface area (Å²) in [6.45, 7) is 6.19. The second-order valence-corrected chi connectivity index (χ2v) is 9.32. The van der Waals surface area contributed by atoms with Crippen molar-refractivity contribution in [3.63, 3.8) is 0 Å². The van der Waals surface area contributed by atoms with Crippen LogP contribution in [0.15, 0.2) is 53.4 Å². The van der Waals surface area contributed by atoms with Crippen molar-refractivity contribution < 1.29 is 18.0 Å². The van der Waals surface area contributed by atoms with E-state index in [1.165, 1.54) is 24.3 Å². The molecule has 1 aliphatic rings. The normalized spacial score (nSPS) is 16.0. The van der Waals surface area contributed by atoms with Gasteiger partial charge in [0.1, 0.15) is 0 Å². The Labute approximate surface area is 183 Å². The number of nitrogens with two attached hydrogens (primary N) is 1. The molecular formula is C22H28N4O4S. The Morgan fingerprint density at radius 3 is 2.23 bits per heavy atom. The number of sulfonamides is 1. The first kappa shape index (κ1) is 22.9. The fraction of sp³-hybridized carbons (Fsp3) is 0.364. The van der Waals surface area contributed by atoms with Crippen LogP contribution in [-0.2, 0) is 26.0 Å². The molecule has 1 unspecified atom stereocenters. The fourth-order valence-electron chi connectivity index (χ4n) is 3.58. The van der Waals surface area contributed by atoms with E-state index in [0.717, 1.165) is 11.1 Å². The van der Waals surface area contributed by atoms with Gasteiger partial charge in [0.2, 0.25) is 21.8 Å². The first-order valence-electron chi connectivity index (χ1n) is 10.1. The summed E-state index contributed by atoms with van der Waals surface area (Å²) in [5.41, 5.74) is 2.64. The maximum absolute atomic E-state index is 12.6. The van der Waals surface area contributed by atoms with Gasteiger partial charge in [0.25, 0.3) is 0 Å². The van der Waals surface area contributed by atoms with Crippen molar-refractivity contribution in [1.82, 2.24) is 9.80 Å². The number of aryl methyl sites for hydroxylation is 1. The lowest BCUT2D eigenvalue weighted by Gasteiger charge is -2.37. The summed E-state index contributed by atoms with van der Waals surface area (Å²) in [4.78, 5) is 29.1. The van der Waals surface area contributed by atoms with Crippen molar-refractivity contribution in [2.45, 2.75) is 31.2 Å². The Morgan fingerprint density at radius 2 is 1.65 bits per heavy atom. The summed E-state index contributed by atoms with van der Waals surface area (Å²) in [6.07, 6.45) is 0.386. The molecule has 0 bridgehead atoms. The molecule has 1 fully saturated rings. The van der Waals surface area contributed by atoms with Gasteiger partial charge in [-0.3, -0.25) is 14.5 Å². The Hall–Kier alpha value is -2.75. The molecule has 0 aliphatic carbocycles. The van der Waals surface area contributed by atoms with Crippen LogP contribution in [0.2, 0.25) is 0 Å². The van der Waals surface area contributed by atoms with Crippen LogP contribution in [-0.4, -0.2) is 62.3 Å². The van der Waals surface area contributed by atoms with Gasteiger partial charge in [-0.1, -0.05) is 24.3 Å². The average Bonchev–Trinajstić information content (AvgIpc) is 2.74. The third-order valence-corrected chi connectivity index (χ3v) is 6.58. The molecule has 1 saturated heterocycles. The van der Waals surface area contributed by atoms with Crippen molar-refractivity contribution in [1.29, 1.82) is 0 Å². The molecule has 0 aromatic heterocycles. The molecule has 0 radical (unpaired) electrons. The van der Waals surface area contributed by atoms with E-state index < -0.39 is 10.0 Å². The molecular weight excluding hydrogens is 416 g/mol. The highest BCUT2D eigenvalue weighted by Gasteiger charge is 2.27. The SMILES string of the molecule is Cc1ccccc1CC(=O)N1CCN(C(C)C(=O)Nc2ccc(S(N)(=O)=O)cc2)CC1. The standard InChI is InChI=1S/C22H28N4O4S/c1-16-5-3-4-6-18(16)15-21(27)26-13-11-25(12-14-26)17(2)22(28)24-19-7-9-20(10-8-19)31(23,29)30/h3-10,17H,11-15H2,1-2H3,(H,24,28)(H2,23,29,30). The van der Waals surface area contributed by atoms with E-state index in [2.05, 4.69) is 5.32 Å². The van der Waals surface area contributed by atoms with Crippen LogP contribution in [0.1, 0.15) is 18.1 Å². The number of nitrogens with one attached hydrogen (secondary N) is 1. The molecule has 31 heavy (non-hydrogen) atoms. The number of carbonyl (C=O) groups excluding carboxylic acids is 2. The third kappa shape index (κ3) is 5.90. The fourth-order valence-corrected chi connectivity index (χ4v) is 4.10. The number of benzene rings is 2. The Balaban J connectivity index is 1.51. The van der Waals surface area contributed by atoms with E-state index in [0.29, 0.717) is 38.3 Å². The van der Waals surface area contributed by atoms with Gasteiger partial charge in [0.05, 0.1) is 17.4 Å². The zero-order chi connectivity index (χ0) is 22.6. The van der Waals surface area contributed by atoms with Gasteiger partial charge in [0.15, 0.2) is 0 Å². The molecule has 1 atom stereocenters. The van der Waals surface area contributed by atoms with Crippen LogP contribution in [0.25, 0.3) is 0 Å². The van der Waals surface area contributed by atoms with E-state index in [9.17, 15) is 18.0 Å². The van der Waals surface area contributed by atoms with Crippen molar-refractivity contribution in [3.05, 3.63) is 59.7 Å². The second kappa shape index (κ2) is 9.59. The molecule has 3 rings (SSSR count). The number of hydrogen-bond acceptors (Lipinski definition) is 5. The van der Waals surface area contributed by atoms with E-state index in [-0.39, 0.29) is 22.8 Å². The highest BCUT2D eigenvalue weighted by molar-refractivity contribution is 7.89. The van der Waals surface area contributed by atoms with E-state index in [1.807, 2.05) is 47.9 Å². The van der Waals surface area contributed by atoms with Crippen LogP contribution in [0.4, 0.5) is 5.69 Å². The molecule has 8 nitrogen and oxygen atoms in total. The van der Waals surface area contributed by atoms with Crippen LogP contribution >= 0.6 is 0 Å². The van der Waals surface area contributed by atoms with E-state index in [4.69, 9.17) is 5.14 Å². The lowest BCUT2D eigenvalue weighted by atomic mass is 10.1. The van der Waals surface area contributed by atoms with E-state index in [1.54, 1.807) is 0 Å². The van der Waals surface area contributed by atoms with Crippen molar-refractivity contribution in [2.75, 3.05) is 31.5 Å². The number of amides is 2. The number of rotatable bonds is 6. The van der Waals surface area contributed by atoms with Gasteiger partial charge in [-0.15, -0.1) is 0 Å². The molecule has 9 heteroatoms. The Morgan fingerprint density at radius 1 is 1.03 bits per heavy atom. The number of hydrogen-bond donors (Lipinski definition) is 2. The lowest BCUT2D eigenvalue weighted by molar-refractivity contribution is -0.133. The van der Waals surface area contributed by atoms with Crippen molar-refractivity contribution >= 4 is 27.5 Å². The highest BCUT2D eigenvalue weighted by Crippen LogP contribution is 2.15. The molecule has 0 saturated carbocycles. The molecule has 2 aromatic carbocycles. The maximum atomic E-state index is 12.6. The highest BCUT2D eigenvalue weighted by atomic mass is 32.2. The number of piperazine rings is 1. The minimum Gasteiger partial charge on any atom is -0.340 e. The Kier molecular flexibility index (Phi) is 7.09. The molecule has 2 amide bonds. The van der Waals surface area contributed by atoms with Gasteiger partial charge in [-0.05, 0) is 49.2 Å². The first-order valence-corrected chi connectivity index (χ1v) is 11.7. The van der Waals surface area contributed by atoms with Gasteiger partial charge in [-0.2, -0.15) is 0 Å². The van der Waals surface area contributed by atoms with Crippen LogP contribution in [0, 0.1) is 6.92 Å². The second-order valence-electron chi connectivity index (χ2n) is 7.75. The smallest absolute Gasteiger partial charge is 0.241 e. The van der Waals surface area contributed by atoms with Crippen molar-refractivity contribution in [2.24, 2.45) is 5.14 Å². The summed E-state index contributed by atoms with van der Waals surface area (Å²) >= 11 is 0. The Bertz CT molecular complexity index is 1050. The third-order valence-electron chi connectivity index (χ3n) is 5.65. The minimum atomic E-state index is -3.77. The topological polar surface area (TPSA) is 113 Å². The molecule has 0 spiro atoms. The van der Waals surface area contributed by atoms with Gasteiger partial charge < -0.3 is 10.2 Å². The van der Waals surface area contributed by atoms with Crippen LogP contribution < -0.4 is 10.5 Å². The first-order chi connectivity index (χ1) is 14.6. The molecule has 166 valence electrons. The molecule has 1 aliphatic heterocycles. The lowest BCUT2D eigenvalue weighted by Crippen LogP contribution is -2.54. The zero-order valence-electron chi connectivity index (χ0n) is 17.7. The van der Waals surface area contributed by atoms with E-state index >= 15 is 0 Å².